The number of aryl methyl sites for hydroxylation is 1. The van der Waals surface area contributed by atoms with Gasteiger partial charge in [-0.25, -0.2) is 9.38 Å². The minimum absolute atomic E-state index is 0.0166. The molecule has 0 spiro atoms. The van der Waals surface area contributed by atoms with Crippen molar-refractivity contribution < 1.29 is 31.8 Å². The zero-order valence-corrected chi connectivity index (χ0v) is 21.0. The van der Waals surface area contributed by atoms with E-state index in [4.69, 9.17) is 10.5 Å². The van der Waals surface area contributed by atoms with Crippen LogP contribution in [-0.2, 0) is 19.8 Å². The first-order valence-electron chi connectivity index (χ1n) is 10.8. The SMILES string of the molecule is C=N/C(=C\N=C(C)C(=O)Nc1cc(C)c(F)c([C@@]2(C)N=C(N)S[C@@]3(COC)C[C@H]32)c1)OCC(F)(F)F. The molecule has 0 unspecified atom stereocenters. The number of aliphatic imine (C=N–C) groups is 3. The van der Waals surface area contributed by atoms with Crippen LogP contribution in [0, 0.1) is 18.7 Å². The number of nitrogens with two attached hydrogens (primary N) is 1. The first-order valence-corrected chi connectivity index (χ1v) is 11.6. The van der Waals surface area contributed by atoms with Gasteiger partial charge in [-0.2, -0.15) is 13.2 Å². The molecule has 0 radical (unpaired) electrons. The Morgan fingerprint density at radius 1 is 1.44 bits per heavy atom. The second-order valence-electron chi connectivity index (χ2n) is 8.81. The number of hydrogen-bond acceptors (Lipinski definition) is 8. The summed E-state index contributed by atoms with van der Waals surface area (Å²) >= 11 is 1.43. The normalized spacial score (nSPS) is 26.1. The van der Waals surface area contributed by atoms with Crippen LogP contribution < -0.4 is 11.1 Å². The van der Waals surface area contributed by atoms with Gasteiger partial charge in [0.15, 0.2) is 11.8 Å². The summed E-state index contributed by atoms with van der Waals surface area (Å²) in [5.41, 5.74) is 5.92. The molecule has 2 aliphatic rings. The number of benzene rings is 1. The summed E-state index contributed by atoms with van der Waals surface area (Å²) in [5, 5.41) is 2.97. The Morgan fingerprint density at radius 3 is 2.75 bits per heavy atom. The lowest BCUT2D eigenvalue weighted by molar-refractivity contribution is -0.164. The highest BCUT2D eigenvalue weighted by Gasteiger charge is 2.66. The fraction of sp³-hybridized carbons (Fsp3) is 0.478. The Bertz CT molecular complexity index is 1150. The van der Waals surface area contributed by atoms with E-state index in [0.717, 1.165) is 12.6 Å². The van der Waals surface area contributed by atoms with Crippen molar-refractivity contribution in [2.75, 3.05) is 25.6 Å². The minimum Gasteiger partial charge on any atom is -0.467 e. The molecule has 1 fully saturated rings. The van der Waals surface area contributed by atoms with E-state index in [1.165, 1.54) is 30.8 Å². The van der Waals surface area contributed by atoms with Crippen molar-refractivity contribution in [1.82, 2.24) is 0 Å². The van der Waals surface area contributed by atoms with Crippen LogP contribution in [0.4, 0.5) is 23.2 Å². The summed E-state index contributed by atoms with van der Waals surface area (Å²) in [4.78, 5) is 24.4. The molecule has 13 heteroatoms. The highest BCUT2D eigenvalue weighted by atomic mass is 32.2. The predicted octanol–water partition coefficient (Wildman–Crippen LogP) is 4.29. The quantitative estimate of drug-likeness (QED) is 0.282. The largest absolute Gasteiger partial charge is 0.467 e. The van der Waals surface area contributed by atoms with Gasteiger partial charge in [0.2, 0.25) is 5.88 Å². The van der Waals surface area contributed by atoms with Crippen LogP contribution in [0.1, 0.15) is 31.4 Å². The van der Waals surface area contributed by atoms with E-state index in [1.54, 1.807) is 14.0 Å². The number of nitrogens with zero attached hydrogens (tertiary/aromatic N) is 3. The topological polar surface area (TPSA) is 111 Å². The zero-order chi connectivity index (χ0) is 26.9. The van der Waals surface area contributed by atoms with Crippen LogP contribution in [0.5, 0.6) is 0 Å². The number of alkyl halides is 3. The van der Waals surface area contributed by atoms with Gasteiger partial charge in [-0.3, -0.25) is 14.8 Å². The van der Waals surface area contributed by atoms with Crippen LogP contribution in [0.25, 0.3) is 0 Å². The van der Waals surface area contributed by atoms with Gasteiger partial charge in [0, 0.05) is 24.3 Å². The fourth-order valence-electron chi connectivity index (χ4n) is 4.25. The molecule has 1 amide bonds. The number of fused-ring (bicyclic) bond motifs is 1. The van der Waals surface area contributed by atoms with E-state index in [9.17, 15) is 18.0 Å². The average Bonchev–Trinajstić information content (AvgIpc) is 3.50. The summed E-state index contributed by atoms with van der Waals surface area (Å²) in [6.45, 7) is 6.72. The van der Waals surface area contributed by atoms with Gasteiger partial charge >= 0.3 is 6.18 Å². The molecular weight excluding hydrogens is 502 g/mol. The van der Waals surface area contributed by atoms with Gasteiger partial charge in [-0.1, -0.05) is 11.8 Å². The van der Waals surface area contributed by atoms with Gasteiger partial charge in [-0.05, 0) is 51.6 Å². The molecule has 3 atom stereocenters. The van der Waals surface area contributed by atoms with Crippen molar-refractivity contribution in [1.29, 1.82) is 0 Å². The third-order valence-corrected chi connectivity index (χ3v) is 7.31. The molecule has 1 aromatic rings. The second kappa shape index (κ2) is 10.2. The first kappa shape index (κ1) is 27.7. The lowest BCUT2D eigenvalue weighted by atomic mass is 9.84. The maximum absolute atomic E-state index is 15.3. The first-order chi connectivity index (χ1) is 16.7. The average molecular weight is 530 g/mol. The molecule has 1 heterocycles. The number of rotatable bonds is 9. The monoisotopic (exact) mass is 529 g/mol. The number of nitrogens with one attached hydrogen (secondary N) is 1. The van der Waals surface area contributed by atoms with E-state index < -0.39 is 35.9 Å². The molecule has 0 saturated heterocycles. The van der Waals surface area contributed by atoms with E-state index in [-0.39, 0.29) is 21.9 Å². The van der Waals surface area contributed by atoms with Crippen LogP contribution in [-0.4, -0.2) is 54.8 Å². The van der Waals surface area contributed by atoms with Crippen molar-refractivity contribution in [2.45, 2.75) is 43.7 Å². The number of halogens is 4. The zero-order valence-electron chi connectivity index (χ0n) is 20.2. The molecule has 3 N–H and O–H groups in total. The number of thioether (sulfide) groups is 1. The Balaban J connectivity index is 1.84. The summed E-state index contributed by atoms with van der Waals surface area (Å²) in [6.07, 6.45) is -2.96. The van der Waals surface area contributed by atoms with Gasteiger partial charge in [-0.15, -0.1) is 0 Å². The maximum atomic E-state index is 15.3. The van der Waals surface area contributed by atoms with Crippen molar-refractivity contribution >= 4 is 41.0 Å². The van der Waals surface area contributed by atoms with E-state index in [0.29, 0.717) is 23.0 Å². The number of amidine groups is 1. The Kier molecular flexibility index (Phi) is 7.84. The van der Waals surface area contributed by atoms with Crippen LogP contribution in [0.3, 0.4) is 0 Å². The summed E-state index contributed by atoms with van der Waals surface area (Å²) in [6, 6.07) is 2.97. The number of amides is 1. The van der Waals surface area contributed by atoms with Crippen LogP contribution >= 0.6 is 11.8 Å². The summed E-state index contributed by atoms with van der Waals surface area (Å²) in [5.74, 6) is -1.62. The standard InChI is InChI=1S/C23H27F4N5O3S/c1-12-6-14(31-19(33)13(2)30-9-17(29-4)35-11-23(25,26)27)7-15(18(12)24)21(3)16-8-22(16,10-34-5)36-20(28)32-21/h6-7,9,16H,4,8,10-11H2,1-3,5H3,(H2,28,32)(H,31,33)/b17-9+,30-13?/t16-,21+,22+/m0/s1. The number of anilines is 1. The van der Waals surface area contributed by atoms with Crippen LogP contribution in [0.2, 0.25) is 0 Å². The van der Waals surface area contributed by atoms with Crippen LogP contribution in [0.15, 0.2) is 39.2 Å². The Morgan fingerprint density at radius 2 is 2.14 bits per heavy atom. The number of carbonyl (C=O) groups excluding carboxylic acids is 1. The molecule has 1 aliphatic heterocycles. The van der Waals surface area contributed by atoms with Crippen molar-refractivity contribution in [2.24, 2.45) is 26.6 Å². The fourth-order valence-corrected chi connectivity index (χ4v) is 5.70. The van der Waals surface area contributed by atoms with E-state index >= 15 is 4.39 Å². The van der Waals surface area contributed by atoms with Gasteiger partial charge in [0.1, 0.15) is 11.5 Å². The summed E-state index contributed by atoms with van der Waals surface area (Å²) < 4.78 is 61.9. The molecule has 0 bridgehead atoms. The minimum atomic E-state index is -4.57. The number of hydrogen-bond donors (Lipinski definition) is 2. The molecule has 8 nitrogen and oxygen atoms in total. The van der Waals surface area contributed by atoms with E-state index in [1.807, 2.05) is 6.92 Å². The molecule has 0 aromatic heterocycles. The lowest BCUT2D eigenvalue weighted by Crippen LogP contribution is -2.38. The highest BCUT2D eigenvalue weighted by Crippen LogP contribution is 2.66. The molecule has 3 rings (SSSR count). The van der Waals surface area contributed by atoms with Crippen molar-refractivity contribution in [3.63, 3.8) is 0 Å². The predicted molar refractivity (Wildman–Crippen MR) is 132 cm³/mol. The van der Waals surface area contributed by atoms with Gasteiger partial charge in [0.25, 0.3) is 5.91 Å². The van der Waals surface area contributed by atoms with Crippen molar-refractivity contribution in [3.8, 4) is 0 Å². The molecule has 36 heavy (non-hydrogen) atoms. The molecular formula is C23H27F4N5O3S. The lowest BCUT2D eigenvalue weighted by Gasteiger charge is -2.34. The smallest absolute Gasteiger partial charge is 0.422 e. The third kappa shape index (κ3) is 5.89. The van der Waals surface area contributed by atoms with Crippen molar-refractivity contribution in [3.05, 3.63) is 41.2 Å². The Labute approximate surface area is 210 Å². The number of carbonyl (C=O) groups is 1. The van der Waals surface area contributed by atoms with E-state index in [2.05, 4.69) is 31.7 Å². The number of ether oxygens (including phenoxy) is 2. The number of methoxy groups -OCH3 is 1. The summed E-state index contributed by atoms with van der Waals surface area (Å²) in [7, 11) is 1.60. The third-order valence-electron chi connectivity index (χ3n) is 6.04. The van der Waals surface area contributed by atoms with Gasteiger partial charge in [0.05, 0.1) is 23.1 Å². The van der Waals surface area contributed by atoms with Gasteiger partial charge < -0.3 is 20.5 Å². The molecule has 196 valence electrons. The molecule has 1 aromatic carbocycles. The second-order valence-corrected chi connectivity index (χ2v) is 10.2. The molecule has 1 aliphatic carbocycles. The molecule has 1 saturated carbocycles. The maximum Gasteiger partial charge on any atom is 0.422 e. The Hall–Kier alpha value is -2.93. The highest BCUT2D eigenvalue weighted by molar-refractivity contribution is 8.15.